The van der Waals surface area contributed by atoms with Crippen LogP contribution in [0.25, 0.3) is 0 Å². The van der Waals surface area contributed by atoms with Crippen molar-refractivity contribution in [3.8, 4) is 0 Å². The van der Waals surface area contributed by atoms with Crippen LogP contribution in [0.15, 0.2) is 24.3 Å². The van der Waals surface area contributed by atoms with Gasteiger partial charge in [0.15, 0.2) is 0 Å². The Morgan fingerprint density at radius 3 is 2.95 bits per heavy atom. The van der Waals surface area contributed by atoms with Crippen LogP contribution in [0.4, 0.5) is 0 Å². The first-order valence-corrected chi connectivity index (χ1v) is 8.78. The number of nitrogens with one attached hydrogen (secondary N) is 1. The molecule has 1 fully saturated rings. The summed E-state index contributed by atoms with van der Waals surface area (Å²) in [5.41, 5.74) is 1.03. The first kappa shape index (κ1) is 15.8. The third-order valence-electron chi connectivity index (χ3n) is 3.55. The minimum Gasteiger partial charge on any atom is -0.202 e. The predicted octanol–water partition coefficient (Wildman–Crippen LogP) is 2.45. The van der Waals surface area contributed by atoms with Crippen LogP contribution in [0.2, 0.25) is 5.02 Å². The molecule has 0 bridgehead atoms. The fourth-order valence-electron chi connectivity index (χ4n) is 2.47. The second-order valence-electron chi connectivity index (χ2n) is 5.38. The Bertz CT molecular complexity index is 548. The molecule has 6 heteroatoms. The summed E-state index contributed by atoms with van der Waals surface area (Å²) in [4.78, 5) is 0. The molecule has 1 N–H and O–H groups in total. The number of piperidine rings is 1. The molecule has 1 heterocycles. The summed E-state index contributed by atoms with van der Waals surface area (Å²) in [6.45, 7) is 3.73. The molecule has 0 unspecified atom stereocenters. The Morgan fingerprint density at radius 2 is 2.25 bits per heavy atom. The third-order valence-corrected chi connectivity index (χ3v) is 5.36. The average Bonchev–Trinajstić information content (AvgIpc) is 2.38. The normalized spacial score (nSPS) is 21.0. The van der Waals surface area contributed by atoms with Crippen LogP contribution in [-0.4, -0.2) is 32.4 Å². The summed E-state index contributed by atoms with van der Waals surface area (Å²) in [5, 5.41) is 0.676. The number of hydrogen-bond donors (Lipinski definition) is 1. The van der Waals surface area contributed by atoms with Gasteiger partial charge in [0, 0.05) is 24.7 Å². The van der Waals surface area contributed by atoms with Crippen molar-refractivity contribution in [3.05, 3.63) is 34.9 Å². The average molecular weight is 317 g/mol. The van der Waals surface area contributed by atoms with Gasteiger partial charge in [0.25, 0.3) is 10.2 Å². The van der Waals surface area contributed by atoms with Crippen LogP contribution in [0.1, 0.15) is 25.3 Å². The van der Waals surface area contributed by atoms with E-state index in [1.807, 2.05) is 24.3 Å². The first-order valence-electron chi connectivity index (χ1n) is 6.96. The molecule has 1 aromatic rings. The number of nitrogens with zero attached hydrogens (tertiary/aromatic N) is 1. The SMILES string of the molecule is C[C@H]1CCCN(S(=O)(=O)NCCc2cccc(Cl)c2)C1. The summed E-state index contributed by atoms with van der Waals surface area (Å²) in [6, 6.07) is 7.49. The third kappa shape index (κ3) is 4.45. The van der Waals surface area contributed by atoms with E-state index in [-0.39, 0.29) is 0 Å². The van der Waals surface area contributed by atoms with Crippen LogP contribution >= 0.6 is 11.6 Å². The number of halogens is 1. The molecular weight excluding hydrogens is 296 g/mol. The quantitative estimate of drug-likeness (QED) is 0.907. The van der Waals surface area contributed by atoms with Gasteiger partial charge in [-0.05, 0) is 42.9 Å². The predicted molar refractivity (Wildman–Crippen MR) is 82.0 cm³/mol. The van der Waals surface area contributed by atoms with Crippen molar-refractivity contribution in [2.45, 2.75) is 26.2 Å². The van der Waals surface area contributed by atoms with Gasteiger partial charge in [-0.15, -0.1) is 0 Å². The molecule has 20 heavy (non-hydrogen) atoms. The summed E-state index contributed by atoms with van der Waals surface area (Å²) in [7, 11) is -3.35. The van der Waals surface area contributed by atoms with Crippen molar-refractivity contribution in [2.75, 3.05) is 19.6 Å². The number of benzene rings is 1. The molecule has 0 aliphatic carbocycles. The van der Waals surface area contributed by atoms with Crippen molar-refractivity contribution < 1.29 is 8.42 Å². The van der Waals surface area contributed by atoms with Gasteiger partial charge in [0.2, 0.25) is 0 Å². The molecule has 0 aromatic heterocycles. The largest absolute Gasteiger partial charge is 0.279 e. The second-order valence-corrected chi connectivity index (χ2v) is 7.58. The smallest absolute Gasteiger partial charge is 0.202 e. The van der Waals surface area contributed by atoms with Gasteiger partial charge in [-0.2, -0.15) is 12.7 Å². The molecule has 0 radical (unpaired) electrons. The van der Waals surface area contributed by atoms with Crippen molar-refractivity contribution in [1.29, 1.82) is 0 Å². The molecule has 1 aliphatic heterocycles. The minimum absolute atomic E-state index is 0.396. The maximum Gasteiger partial charge on any atom is 0.279 e. The van der Waals surface area contributed by atoms with Gasteiger partial charge in [-0.3, -0.25) is 0 Å². The van der Waals surface area contributed by atoms with Crippen LogP contribution < -0.4 is 4.72 Å². The lowest BCUT2D eigenvalue weighted by molar-refractivity contribution is 0.278. The van der Waals surface area contributed by atoms with Gasteiger partial charge >= 0.3 is 0 Å². The van der Waals surface area contributed by atoms with Crippen molar-refractivity contribution in [3.63, 3.8) is 0 Å². The Kier molecular flexibility index (Phi) is 5.43. The van der Waals surface area contributed by atoms with Crippen LogP contribution in [0.5, 0.6) is 0 Å². The van der Waals surface area contributed by atoms with Crippen molar-refractivity contribution in [1.82, 2.24) is 9.03 Å². The Hall–Kier alpha value is -0.620. The van der Waals surface area contributed by atoms with Crippen LogP contribution in [0, 0.1) is 5.92 Å². The summed E-state index contributed by atoms with van der Waals surface area (Å²) >= 11 is 5.90. The van der Waals surface area contributed by atoms with Crippen LogP contribution in [0.3, 0.4) is 0 Å². The van der Waals surface area contributed by atoms with E-state index in [0.29, 0.717) is 37.0 Å². The Labute approximate surface area is 126 Å². The molecule has 1 atom stereocenters. The zero-order chi connectivity index (χ0) is 14.6. The standard InChI is InChI=1S/C14H21ClN2O2S/c1-12-4-3-9-17(11-12)20(18,19)16-8-7-13-5-2-6-14(15)10-13/h2,5-6,10,12,16H,3-4,7-9,11H2,1H3/t12-/m0/s1. The fraction of sp³-hybridized carbons (Fsp3) is 0.571. The molecule has 2 rings (SSSR count). The summed E-state index contributed by atoms with van der Waals surface area (Å²) in [5.74, 6) is 0.438. The second kappa shape index (κ2) is 6.89. The zero-order valence-corrected chi connectivity index (χ0v) is 13.3. The maximum absolute atomic E-state index is 12.2. The highest BCUT2D eigenvalue weighted by molar-refractivity contribution is 7.87. The number of hydrogen-bond acceptors (Lipinski definition) is 2. The maximum atomic E-state index is 12.2. The molecule has 4 nitrogen and oxygen atoms in total. The van der Waals surface area contributed by atoms with E-state index in [0.717, 1.165) is 18.4 Å². The highest BCUT2D eigenvalue weighted by Crippen LogP contribution is 2.17. The fourth-order valence-corrected chi connectivity index (χ4v) is 4.05. The molecule has 0 amide bonds. The molecule has 0 saturated carbocycles. The zero-order valence-electron chi connectivity index (χ0n) is 11.7. The summed E-state index contributed by atoms with van der Waals surface area (Å²) in [6.07, 6.45) is 2.69. The lowest BCUT2D eigenvalue weighted by Gasteiger charge is -2.29. The van der Waals surface area contributed by atoms with Crippen LogP contribution in [-0.2, 0) is 16.6 Å². The molecule has 1 aromatic carbocycles. The van der Waals surface area contributed by atoms with E-state index in [2.05, 4.69) is 11.6 Å². The van der Waals surface area contributed by atoms with Gasteiger partial charge < -0.3 is 0 Å². The highest BCUT2D eigenvalue weighted by Gasteiger charge is 2.26. The van der Waals surface area contributed by atoms with Gasteiger partial charge in [-0.1, -0.05) is 30.7 Å². The Morgan fingerprint density at radius 1 is 1.45 bits per heavy atom. The van der Waals surface area contributed by atoms with Gasteiger partial charge in [-0.25, -0.2) is 4.72 Å². The molecule has 1 saturated heterocycles. The molecule has 0 spiro atoms. The van der Waals surface area contributed by atoms with E-state index in [1.54, 1.807) is 4.31 Å². The lowest BCUT2D eigenvalue weighted by Crippen LogP contribution is -2.46. The van der Waals surface area contributed by atoms with E-state index in [4.69, 9.17) is 11.6 Å². The first-order chi connectivity index (χ1) is 9.47. The highest BCUT2D eigenvalue weighted by atomic mass is 35.5. The molecule has 112 valence electrons. The van der Waals surface area contributed by atoms with E-state index < -0.39 is 10.2 Å². The van der Waals surface area contributed by atoms with E-state index in [9.17, 15) is 8.42 Å². The van der Waals surface area contributed by atoms with Gasteiger partial charge in [0.1, 0.15) is 0 Å². The van der Waals surface area contributed by atoms with Gasteiger partial charge in [0.05, 0.1) is 0 Å². The van der Waals surface area contributed by atoms with Crippen molar-refractivity contribution in [2.24, 2.45) is 5.92 Å². The summed E-state index contributed by atoms with van der Waals surface area (Å²) < 4.78 is 28.6. The minimum atomic E-state index is -3.35. The molecule has 1 aliphatic rings. The van der Waals surface area contributed by atoms with Crippen molar-refractivity contribution >= 4 is 21.8 Å². The monoisotopic (exact) mass is 316 g/mol. The Balaban J connectivity index is 1.86. The van der Waals surface area contributed by atoms with E-state index in [1.165, 1.54) is 0 Å². The lowest BCUT2D eigenvalue weighted by atomic mass is 10.0. The number of rotatable bonds is 5. The molecular formula is C14H21ClN2O2S. The topological polar surface area (TPSA) is 49.4 Å². The van der Waals surface area contributed by atoms with E-state index >= 15 is 0 Å².